The van der Waals surface area contributed by atoms with Crippen LogP contribution in [-0.2, 0) is 27.2 Å². The Morgan fingerprint density at radius 1 is 1.26 bits per heavy atom. The first-order valence-electron chi connectivity index (χ1n) is 10.3. The molecule has 1 atom stereocenters. The van der Waals surface area contributed by atoms with Crippen LogP contribution in [0.15, 0.2) is 0 Å². The molecule has 4 heterocycles. The quantitative estimate of drug-likeness (QED) is 0.817. The number of nitrogens with zero attached hydrogens (tertiary/aromatic N) is 4. The van der Waals surface area contributed by atoms with Gasteiger partial charge in [-0.25, -0.2) is 0 Å². The van der Waals surface area contributed by atoms with Crippen molar-refractivity contribution in [3.8, 4) is 0 Å². The van der Waals surface area contributed by atoms with Crippen LogP contribution in [0.5, 0.6) is 0 Å². The van der Waals surface area contributed by atoms with Crippen molar-refractivity contribution in [2.75, 3.05) is 39.5 Å². The van der Waals surface area contributed by atoms with Crippen LogP contribution in [0.25, 0.3) is 0 Å². The van der Waals surface area contributed by atoms with E-state index in [9.17, 15) is 4.79 Å². The van der Waals surface area contributed by atoms with Crippen LogP contribution in [0.4, 0.5) is 0 Å². The molecule has 5 rings (SSSR count). The van der Waals surface area contributed by atoms with E-state index in [4.69, 9.17) is 9.47 Å². The Hall–Kier alpha value is -1.51. The van der Waals surface area contributed by atoms with Crippen molar-refractivity contribution in [2.24, 2.45) is 5.92 Å². The van der Waals surface area contributed by atoms with E-state index >= 15 is 0 Å². The molecule has 1 aromatic rings. The largest absolute Gasteiger partial charge is 0.381 e. The summed E-state index contributed by atoms with van der Waals surface area (Å²) in [5, 5.41) is 11.0. The van der Waals surface area contributed by atoms with Crippen LogP contribution in [-0.4, -0.2) is 82.2 Å². The van der Waals surface area contributed by atoms with Crippen LogP contribution >= 0.6 is 0 Å². The third-order valence-electron chi connectivity index (χ3n) is 6.90. The first kappa shape index (κ1) is 17.6. The number of hydrogen-bond donors (Lipinski definition) is 1. The molecular formula is C19H29N5O3. The SMILES string of the molecule is O=C(CC1CN(CCC2COC2)C2(CCC2)CO1)N1CCc2n[nH]nc2C1. The summed E-state index contributed by atoms with van der Waals surface area (Å²) in [5.41, 5.74) is 2.13. The Morgan fingerprint density at radius 3 is 2.85 bits per heavy atom. The molecule has 27 heavy (non-hydrogen) atoms. The van der Waals surface area contributed by atoms with Gasteiger partial charge >= 0.3 is 0 Å². The summed E-state index contributed by atoms with van der Waals surface area (Å²) in [6.45, 7) is 5.87. The van der Waals surface area contributed by atoms with Crippen molar-refractivity contribution in [3.63, 3.8) is 0 Å². The molecule has 4 aliphatic rings. The van der Waals surface area contributed by atoms with Gasteiger partial charge in [-0.15, -0.1) is 0 Å². The van der Waals surface area contributed by atoms with Gasteiger partial charge < -0.3 is 14.4 Å². The van der Waals surface area contributed by atoms with Gasteiger partial charge in [-0.05, 0) is 32.2 Å². The van der Waals surface area contributed by atoms with E-state index in [1.165, 1.54) is 25.7 Å². The molecule has 1 N–H and O–H groups in total. The van der Waals surface area contributed by atoms with Crippen molar-refractivity contribution in [2.45, 2.75) is 56.7 Å². The maximum Gasteiger partial charge on any atom is 0.225 e. The van der Waals surface area contributed by atoms with Gasteiger partial charge in [0.05, 0.1) is 44.6 Å². The van der Waals surface area contributed by atoms with E-state index in [-0.39, 0.29) is 17.6 Å². The number of nitrogens with one attached hydrogen (secondary N) is 1. The minimum absolute atomic E-state index is 0.0000661. The highest BCUT2D eigenvalue weighted by atomic mass is 16.5. The van der Waals surface area contributed by atoms with E-state index < -0.39 is 0 Å². The molecule has 1 amide bonds. The van der Waals surface area contributed by atoms with Crippen LogP contribution < -0.4 is 0 Å². The zero-order valence-electron chi connectivity index (χ0n) is 15.9. The smallest absolute Gasteiger partial charge is 0.225 e. The predicted molar refractivity (Wildman–Crippen MR) is 96.9 cm³/mol. The molecular weight excluding hydrogens is 346 g/mol. The summed E-state index contributed by atoms with van der Waals surface area (Å²) in [6, 6.07) is 0. The number of amides is 1. The molecule has 1 unspecified atom stereocenters. The van der Waals surface area contributed by atoms with E-state index in [2.05, 4.69) is 20.3 Å². The second-order valence-electron chi connectivity index (χ2n) is 8.64. The molecule has 0 bridgehead atoms. The number of H-pyrrole nitrogens is 1. The fourth-order valence-corrected chi connectivity index (χ4v) is 4.78. The Kier molecular flexibility index (Phi) is 4.65. The fraction of sp³-hybridized carbons (Fsp3) is 0.842. The number of ether oxygens (including phenoxy) is 2. The van der Waals surface area contributed by atoms with E-state index in [0.717, 1.165) is 63.2 Å². The van der Waals surface area contributed by atoms with Gasteiger partial charge in [0.15, 0.2) is 0 Å². The molecule has 0 radical (unpaired) electrons. The van der Waals surface area contributed by atoms with Gasteiger partial charge in [0.25, 0.3) is 0 Å². The minimum atomic E-state index is 0.0000661. The standard InChI is InChI=1S/C19H29N5O3/c25-18(23-6-3-16-17(10-23)21-22-20-16)8-15-9-24(7-2-14-11-26-12-14)19(13-27-15)4-1-5-19/h14-15H,1-13H2,(H,20,21,22). The summed E-state index contributed by atoms with van der Waals surface area (Å²) in [7, 11) is 0. The molecule has 3 fully saturated rings. The van der Waals surface area contributed by atoms with Crippen LogP contribution in [0.3, 0.4) is 0 Å². The summed E-state index contributed by atoms with van der Waals surface area (Å²) >= 11 is 0. The highest BCUT2D eigenvalue weighted by molar-refractivity contribution is 5.77. The monoisotopic (exact) mass is 375 g/mol. The number of morpholine rings is 1. The van der Waals surface area contributed by atoms with Crippen molar-refractivity contribution in [1.29, 1.82) is 0 Å². The van der Waals surface area contributed by atoms with Crippen molar-refractivity contribution < 1.29 is 14.3 Å². The number of rotatable bonds is 5. The molecule has 8 nitrogen and oxygen atoms in total. The highest BCUT2D eigenvalue weighted by Gasteiger charge is 2.47. The predicted octanol–water partition coefficient (Wildman–Crippen LogP) is 0.740. The molecule has 148 valence electrons. The van der Waals surface area contributed by atoms with Gasteiger partial charge in [-0.2, -0.15) is 15.4 Å². The van der Waals surface area contributed by atoms with Crippen molar-refractivity contribution >= 4 is 5.91 Å². The van der Waals surface area contributed by atoms with Crippen molar-refractivity contribution in [3.05, 3.63) is 11.4 Å². The highest BCUT2D eigenvalue weighted by Crippen LogP contribution is 2.41. The summed E-state index contributed by atoms with van der Waals surface area (Å²) in [6.07, 6.45) is 6.20. The Balaban J connectivity index is 1.17. The Labute approximate surface area is 159 Å². The molecule has 1 aromatic heterocycles. The molecule has 8 heteroatoms. The fourth-order valence-electron chi connectivity index (χ4n) is 4.78. The molecule has 2 saturated heterocycles. The lowest BCUT2D eigenvalue weighted by molar-refractivity contribution is -0.158. The van der Waals surface area contributed by atoms with E-state index in [1.54, 1.807) is 0 Å². The second-order valence-corrected chi connectivity index (χ2v) is 8.64. The summed E-state index contributed by atoms with van der Waals surface area (Å²) in [5.74, 6) is 0.889. The van der Waals surface area contributed by atoms with Gasteiger partial charge in [0, 0.05) is 31.0 Å². The van der Waals surface area contributed by atoms with E-state index in [1.807, 2.05) is 4.90 Å². The number of aromatic amines is 1. The number of carbonyl (C=O) groups excluding carboxylic acids is 1. The lowest BCUT2D eigenvalue weighted by Gasteiger charge is -2.55. The lowest BCUT2D eigenvalue weighted by atomic mass is 9.74. The van der Waals surface area contributed by atoms with Crippen LogP contribution in [0.2, 0.25) is 0 Å². The Bertz CT molecular complexity index is 685. The van der Waals surface area contributed by atoms with Crippen LogP contribution in [0.1, 0.15) is 43.5 Å². The third-order valence-corrected chi connectivity index (χ3v) is 6.90. The average Bonchev–Trinajstić information content (AvgIpc) is 3.07. The van der Waals surface area contributed by atoms with E-state index in [0.29, 0.717) is 13.0 Å². The normalized spacial score (nSPS) is 27.9. The zero-order chi connectivity index (χ0) is 18.3. The van der Waals surface area contributed by atoms with Gasteiger partial charge in [-0.1, -0.05) is 0 Å². The maximum absolute atomic E-state index is 12.8. The van der Waals surface area contributed by atoms with Crippen LogP contribution in [0, 0.1) is 5.92 Å². The van der Waals surface area contributed by atoms with Crippen molar-refractivity contribution in [1.82, 2.24) is 25.2 Å². The molecule has 1 saturated carbocycles. The number of aromatic nitrogens is 3. The number of hydrogen-bond acceptors (Lipinski definition) is 6. The first-order valence-corrected chi connectivity index (χ1v) is 10.3. The topological polar surface area (TPSA) is 83.6 Å². The maximum atomic E-state index is 12.8. The first-order chi connectivity index (χ1) is 13.2. The lowest BCUT2D eigenvalue weighted by Crippen LogP contribution is -2.63. The van der Waals surface area contributed by atoms with Gasteiger partial charge in [-0.3, -0.25) is 9.69 Å². The molecule has 1 spiro atoms. The average molecular weight is 375 g/mol. The van der Waals surface area contributed by atoms with Gasteiger partial charge in [0.2, 0.25) is 5.91 Å². The Morgan fingerprint density at radius 2 is 2.11 bits per heavy atom. The minimum Gasteiger partial charge on any atom is -0.381 e. The summed E-state index contributed by atoms with van der Waals surface area (Å²) < 4.78 is 11.5. The second kappa shape index (κ2) is 7.14. The number of carbonyl (C=O) groups is 1. The summed E-state index contributed by atoms with van der Waals surface area (Å²) in [4.78, 5) is 17.4. The number of fused-ring (bicyclic) bond motifs is 1. The molecule has 3 aliphatic heterocycles. The zero-order valence-corrected chi connectivity index (χ0v) is 15.9. The third kappa shape index (κ3) is 3.39. The molecule has 0 aromatic carbocycles. The van der Waals surface area contributed by atoms with Gasteiger partial charge in [0.1, 0.15) is 5.69 Å². The molecule has 1 aliphatic carbocycles.